The second-order valence-corrected chi connectivity index (χ2v) is 3.15. The van der Waals surface area contributed by atoms with Crippen molar-refractivity contribution in [3.05, 3.63) is 34.6 Å². The molecular formula is C10H10ClFO. The molecule has 0 radical (unpaired) electrons. The van der Waals surface area contributed by atoms with Gasteiger partial charge in [0.25, 0.3) is 0 Å². The lowest BCUT2D eigenvalue weighted by Gasteiger charge is -2.02. The number of ketones is 1. The number of rotatable bonds is 3. The third-order valence-corrected chi connectivity index (χ3v) is 2.11. The summed E-state index contributed by atoms with van der Waals surface area (Å²) < 4.78 is 12.9. The topological polar surface area (TPSA) is 17.1 Å². The summed E-state index contributed by atoms with van der Waals surface area (Å²) in [6.07, 6.45) is 1.15. The third-order valence-electron chi connectivity index (χ3n) is 1.73. The Hall–Kier alpha value is -0.890. The van der Waals surface area contributed by atoms with Crippen LogP contribution in [0.2, 0.25) is 5.02 Å². The number of Topliss-reactive ketones (excluding diaryl/α,β-unsaturated/α-hetero) is 1. The van der Waals surface area contributed by atoms with Gasteiger partial charge in [0.2, 0.25) is 0 Å². The maximum absolute atomic E-state index is 12.9. The first kappa shape index (κ1) is 10.2. The number of carbonyl (C=O) groups is 1. The van der Waals surface area contributed by atoms with Gasteiger partial charge in [0.05, 0.1) is 5.02 Å². The van der Waals surface area contributed by atoms with Crippen LogP contribution in [0.5, 0.6) is 0 Å². The van der Waals surface area contributed by atoms with Gasteiger partial charge in [-0.25, -0.2) is 4.39 Å². The van der Waals surface area contributed by atoms with Crippen molar-refractivity contribution in [3.8, 4) is 0 Å². The van der Waals surface area contributed by atoms with Crippen LogP contribution in [0.1, 0.15) is 30.1 Å². The highest BCUT2D eigenvalue weighted by Gasteiger charge is 2.11. The summed E-state index contributed by atoms with van der Waals surface area (Å²) in [6.45, 7) is 1.89. The molecule has 0 atom stereocenters. The first-order valence-corrected chi connectivity index (χ1v) is 4.51. The molecule has 0 heterocycles. The summed E-state index contributed by atoms with van der Waals surface area (Å²) in [7, 11) is 0. The summed E-state index contributed by atoms with van der Waals surface area (Å²) in [5.74, 6) is -0.643. The minimum absolute atomic E-state index is 0.0686. The van der Waals surface area contributed by atoms with Crippen LogP contribution in [0.3, 0.4) is 0 Å². The fourth-order valence-corrected chi connectivity index (χ4v) is 1.31. The van der Waals surface area contributed by atoms with Crippen LogP contribution in [0.15, 0.2) is 18.2 Å². The lowest BCUT2D eigenvalue weighted by atomic mass is 10.1. The number of hydrogen-bond acceptors (Lipinski definition) is 1. The third kappa shape index (κ3) is 2.28. The molecule has 0 N–H and O–H groups in total. The average molecular weight is 201 g/mol. The van der Waals surface area contributed by atoms with E-state index in [2.05, 4.69) is 0 Å². The Labute approximate surface area is 81.5 Å². The Bertz CT molecular complexity index is 323. The number of carbonyl (C=O) groups excluding carboxylic acids is 1. The van der Waals surface area contributed by atoms with Crippen LogP contribution < -0.4 is 0 Å². The van der Waals surface area contributed by atoms with Crippen molar-refractivity contribution in [2.75, 3.05) is 0 Å². The Morgan fingerprint density at radius 2 is 2.23 bits per heavy atom. The highest BCUT2D eigenvalue weighted by atomic mass is 35.5. The molecule has 1 rings (SSSR count). The number of benzene rings is 1. The molecule has 0 saturated heterocycles. The molecule has 70 valence electrons. The number of halogens is 2. The van der Waals surface area contributed by atoms with Gasteiger partial charge in [-0.1, -0.05) is 24.6 Å². The molecule has 1 aromatic carbocycles. The van der Waals surface area contributed by atoms with E-state index >= 15 is 0 Å². The van der Waals surface area contributed by atoms with Gasteiger partial charge in [-0.3, -0.25) is 4.79 Å². The first-order chi connectivity index (χ1) is 6.16. The highest BCUT2D eigenvalue weighted by molar-refractivity contribution is 6.34. The van der Waals surface area contributed by atoms with Gasteiger partial charge in [-0.05, 0) is 18.6 Å². The summed E-state index contributed by atoms with van der Waals surface area (Å²) in [6, 6.07) is 4.28. The minimum Gasteiger partial charge on any atom is -0.294 e. The normalized spacial score (nSPS) is 10.1. The average Bonchev–Trinajstić information content (AvgIpc) is 2.10. The summed E-state index contributed by atoms with van der Waals surface area (Å²) >= 11 is 5.63. The molecule has 0 fully saturated rings. The van der Waals surface area contributed by atoms with Crippen LogP contribution in [0.4, 0.5) is 4.39 Å². The van der Waals surface area contributed by atoms with Crippen LogP contribution in [-0.4, -0.2) is 5.78 Å². The summed E-state index contributed by atoms with van der Waals surface area (Å²) in [4.78, 5) is 11.4. The monoisotopic (exact) mass is 200 g/mol. The lowest BCUT2D eigenvalue weighted by Crippen LogP contribution is -2.00. The van der Waals surface area contributed by atoms with Gasteiger partial charge in [-0.2, -0.15) is 0 Å². The molecule has 3 heteroatoms. The number of hydrogen-bond donors (Lipinski definition) is 0. The summed E-state index contributed by atoms with van der Waals surface area (Å²) in [5.41, 5.74) is 0.281. The lowest BCUT2D eigenvalue weighted by molar-refractivity contribution is 0.0981. The molecule has 13 heavy (non-hydrogen) atoms. The van der Waals surface area contributed by atoms with Crippen molar-refractivity contribution >= 4 is 17.4 Å². The summed E-state index contributed by atoms with van der Waals surface area (Å²) in [5, 5.41) is -0.0686. The van der Waals surface area contributed by atoms with E-state index in [0.29, 0.717) is 6.42 Å². The second-order valence-electron chi connectivity index (χ2n) is 2.77. The van der Waals surface area contributed by atoms with Crippen LogP contribution in [-0.2, 0) is 0 Å². The quantitative estimate of drug-likeness (QED) is 0.683. The Morgan fingerprint density at radius 1 is 1.54 bits per heavy atom. The van der Waals surface area contributed by atoms with E-state index in [1.807, 2.05) is 6.92 Å². The van der Waals surface area contributed by atoms with Gasteiger partial charge in [0.15, 0.2) is 5.78 Å². The molecule has 0 bridgehead atoms. The van der Waals surface area contributed by atoms with Crippen molar-refractivity contribution in [2.24, 2.45) is 0 Å². The van der Waals surface area contributed by atoms with Crippen molar-refractivity contribution in [3.63, 3.8) is 0 Å². The van der Waals surface area contributed by atoms with Gasteiger partial charge < -0.3 is 0 Å². The zero-order chi connectivity index (χ0) is 9.84. The molecule has 1 nitrogen and oxygen atoms in total. The maximum Gasteiger partial charge on any atom is 0.164 e. The SMILES string of the molecule is CCCC(=O)c1cccc(F)c1Cl. The van der Waals surface area contributed by atoms with Crippen LogP contribution in [0, 0.1) is 5.82 Å². The largest absolute Gasteiger partial charge is 0.294 e. The van der Waals surface area contributed by atoms with Crippen molar-refractivity contribution in [2.45, 2.75) is 19.8 Å². The standard InChI is InChI=1S/C10H10ClFO/c1-2-4-9(13)7-5-3-6-8(12)10(7)11/h3,5-6H,2,4H2,1H3. The Morgan fingerprint density at radius 3 is 2.85 bits per heavy atom. The molecule has 0 unspecified atom stereocenters. The van der Waals surface area contributed by atoms with Crippen molar-refractivity contribution in [1.82, 2.24) is 0 Å². The van der Waals surface area contributed by atoms with E-state index in [0.717, 1.165) is 6.42 Å². The molecule has 0 aliphatic heterocycles. The fraction of sp³-hybridized carbons (Fsp3) is 0.300. The molecule has 0 amide bonds. The zero-order valence-electron chi connectivity index (χ0n) is 7.31. The first-order valence-electron chi connectivity index (χ1n) is 4.14. The molecule has 0 spiro atoms. The van der Waals surface area contributed by atoms with E-state index in [-0.39, 0.29) is 16.4 Å². The fourth-order valence-electron chi connectivity index (χ4n) is 1.08. The minimum atomic E-state index is -0.538. The molecule has 1 aromatic rings. The Balaban J connectivity index is 3.01. The van der Waals surface area contributed by atoms with E-state index in [4.69, 9.17) is 11.6 Å². The van der Waals surface area contributed by atoms with E-state index in [9.17, 15) is 9.18 Å². The van der Waals surface area contributed by atoms with Gasteiger partial charge in [0.1, 0.15) is 5.82 Å². The van der Waals surface area contributed by atoms with Gasteiger partial charge >= 0.3 is 0 Å². The predicted molar refractivity (Wildman–Crippen MR) is 50.6 cm³/mol. The smallest absolute Gasteiger partial charge is 0.164 e. The maximum atomic E-state index is 12.9. The molecule has 0 aromatic heterocycles. The van der Waals surface area contributed by atoms with Gasteiger partial charge in [0, 0.05) is 12.0 Å². The zero-order valence-corrected chi connectivity index (χ0v) is 8.07. The second kappa shape index (κ2) is 4.38. The van der Waals surface area contributed by atoms with Gasteiger partial charge in [-0.15, -0.1) is 0 Å². The van der Waals surface area contributed by atoms with E-state index in [1.54, 1.807) is 6.07 Å². The molecule has 0 aliphatic carbocycles. The van der Waals surface area contributed by atoms with E-state index < -0.39 is 5.82 Å². The van der Waals surface area contributed by atoms with Crippen molar-refractivity contribution in [1.29, 1.82) is 0 Å². The predicted octanol–water partition coefficient (Wildman–Crippen LogP) is 3.46. The van der Waals surface area contributed by atoms with E-state index in [1.165, 1.54) is 12.1 Å². The van der Waals surface area contributed by atoms with Crippen LogP contribution in [0.25, 0.3) is 0 Å². The molecule has 0 aliphatic rings. The van der Waals surface area contributed by atoms with Crippen LogP contribution >= 0.6 is 11.6 Å². The van der Waals surface area contributed by atoms with Crippen molar-refractivity contribution < 1.29 is 9.18 Å². The Kier molecular flexibility index (Phi) is 3.43. The molecule has 0 saturated carbocycles. The molecular weight excluding hydrogens is 191 g/mol. The highest BCUT2D eigenvalue weighted by Crippen LogP contribution is 2.21.